The molecule has 0 atom stereocenters. The summed E-state index contributed by atoms with van der Waals surface area (Å²) in [6, 6.07) is 10.5. The van der Waals surface area contributed by atoms with E-state index in [2.05, 4.69) is 10.0 Å². The summed E-state index contributed by atoms with van der Waals surface area (Å²) in [5.41, 5.74) is 0.432. The molecule has 9 heteroatoms. The minimum Gasteiger partial charge on any atom is -0.497 e. The van der Waals surface area contributed by atoms with Crippen molar-refractivity contribution >= 4 is 27.1 Å². The van der Waals surface area contributed by atoms with Gasteiger partial charge in [0.1, 0.15) is 11.4 Å². The van der Waals surface area contributed by atoms with E-state index in [0.717, 1.165) is 31.7 Å². The van der Waals surface area contributed by atoms with Crippen LogP contribution in [-0.2, 0) is 10.0 Å². The summed E-state index contributed by atoms with van der Waals surface area (Å²) in [6.45, 7) is 0. The van der Waals surface area contributed by atoms with Gasteiger partial charge in [-0.15, -0.1) is 0 Å². The normalized spacial score (nSPS) is 14.7. The molecule has 2 N–H and O–H groups in total. The fourth-order valence-corrected chi connectivity index (χ4v) is 4.19. The second kappa shape index (κ2) is 7.83. The number of methoxy groups -OCH3 is 1. The van der Waals surface area contributed by atoms with Crippen molar-refractivity contribution in [1.29, 1.82) is 0 Å². The van der Waals surface area contributed by atoms with Crippen molar-refractivity contribution in [2.45, 2.75) is 36.6 Å². The van der Waals surface area contributed by atoms with Crippen molar-refractivity contribution in [1.82, 2.24) is 0 Å². The molecular formula is C18H21N3O5S. The molecule has 0 amide bonds. The molecule has 0 radical (unpaired) electrons. The third kappa shape index (κ3) is 4.48. The van der Waals surface area contributed by atoms with E-state index in [4.69, 9.17) is 4.74 Å². The number of nitro benzene ring substituents is 1. The number of rotatable bonds is 7. The predicted octanol–water partition coefficient (Wildman–Crippen LogP) is 3.76. The molecule has 0 heterocycles. The summed E-state index contributed by atoms with van der Waals surface area (Å²) in [4.78, 5) is 10.7. The van der Waals surface area contributed by atoms with Crippen molar-refractivity contribution in [3.8, 4) is 5.75 Å². The van der Waals surface area contributed by atoms with Crippen molar-refractivity contribution in [2.75, 3.05) is 17.1 Å². The van der Waals surface area contributed by atoms with Gasteiger partial charge >= 0.3 is 0 Å². The second-order valence-corrected chi connectivity index (χ2v) is 8.08. The number of benzene rings is 2. The molecule has 0 saturated heterocycles. The lowest BCUT2D eigenvalue weighted by Gasteiger charge is -2.14. The Morgan fingerprint density at radius 2 is 1.78 bits per heavy atom. The number of ether oxygens (including phenoxy) is 1. The van der Waals surface area contributed by atoms with Crippen LogP contribution in [0.25, 0.3) is 0 Å². The number of hydrogen-bond acceptors (Lipinski definition) is 6. The lowest BCUT2D eigenvalue weighted by Crippen LogP contribution is -2.17. The van der Waals surface area contributed by atoms with Crippen molar-refractivity contribution < 1.29 is 18.1 Å². The van der Waals surface area contributed by atoms with E-state index in [1.807, 2.05) is 0 Å². The maximum Gasteiger partial charge on any atom is 0.293 e. The van der Waals surface area contributed by atoms with E-state index in [1.54, 1.807) is 24.3 Å². The van der Waals surface area contributed by atoms with Crippen LogP contribution in [0.15, 0.2) is 47.4 Å². The molecule has 2 aromatic rings. The lowest BCUT2D eigenvalue weighted by molar-refractivity contribution is -0.384. The second-order valence-electron chi connectivity index (χ2n) is 6.40. The SMILES string of the molecule is COc1ccc(NS(=O)(=O)c2ccc(NC3CCCC3)c([N+](=O)[O-])c2)cc1. The summed E-state index contributed by atoms with van der Waals surface area (Å²) < 4.78 is 32.7. The fourth-order valence-electron chi connectivity index (χ4n) is 3.11. The van der Waals surface area contributed by atoms with Gasteiger partial charge in [0, 0.05) is 17.8 Å². The van der Waals surface area contributed by atoms with Crippen molar-refractivity contribution in [2.24, 2.45) is 0 Å². The third-order valence-corrected chi connectivity index (χ3v) is 5.91. The average molecular weight is 391 g/mol. The molecule has 1 aliphatic rings. The molecule has 8 nitrogen and oxygen atoms in total. The van der Waals surface area contributed by atoms with Crippen LogP contribution in [0, 0.1) is 10.1 Å². The van der Waals surface area contributed by atoms with Gasteiger partial charge in [-0.1, -0.05) is 12.8 Å². The van der Waals surface area contributed by atoms with Gasteiger partial charge < -0.3 is 10.1 Å². The van der Waals surface area contributed by atoms with E-state index in [0.29, 0.717) is 17.1 Å². The third-order valence-electron chi connectivity index (χ3n) is 4.53. The maximum atomic E-state index is 12.6. The monoisotopic (exact) mass is 391 g/mol. The number of anilines is 2. The Labute approximate surface area is 157 Å². The lowest BCUT2D eigenvalue weighted by atomic mass is 10.2. The van der Waals surface area contributed by atoms with Gasteiger partial charge in [-0.25, -0.2) is 8.42 Å². The smallest absolute Gasteiger partial charge is 0.293 e. The summed E-state index contributed by atoms with van der Waals surface area (Å²) in [5.74, 6) is 0.593. The van der Waals surface area contributed by atoms with Gasteiger partial charge in [0.2, 0.25) is 0 Å². The summed E-state index contributed by atoms with van der Waals surface area (Å²) in [6.07, 6.45) is 4.08. The molecule has 0 aromatic heterocycles. The Bertz CT molecular complexity index is 923. The Morgan fingerprint density at radius 3 is 2.37 bits per heavy atom. The zero-order valence-corrected chi connectivity index (χ0v) is 15.7. The van der Waals surface area contributed by atoms with Crippen LogP contribution in [0.1, 0.15) is 25.7 Å². The Morgan fingerprint density at radius 1 is 1.11 bits per heavy atom. The largest absolute Gasteiger partial charge is 0.497 e. The van der Waals surface area contributed by atoms with E-state index in [9.17, 15) is 18.5 Å². The van der Waals surface area contributed by atoms with Crippen LogP contribution in [-0.4, -0.2) is 26.5 Å². The first-order valence-corrected chi connectivity index (χ1v) is 10.1. The zero-order chi connectivity index (χ0) is 19.4. The number of nitrogens with one attached hydrogen (secondary N) is 2. The van der Waals surface area contributed by atoms with Crippen LogP contribution in [0.2, 0.25) is 0 Å². The van der Waals surface area contributed by atoms with Gasteiger partial charge in [0.15, 0.2) is 0 Å². The Kier molecular flexibility index (Phi) is 5.50. The van der Waals surface area contributed by atoms with Gasteiger partial charge in [-0.05, 0) is 49.2 Å². The van der Waals surface area contributed by atoms with Crippen LogP contribution in [0.4, 0.5) is 17.1 Å². The van der Waals surface area contributed by atoms with E-state index >= 15 is 0 Å². The van der Waals surface area contributed by atoms with Crippen LogP contribution in [0.3, 0.4) is 0 Å². The standard InChI is InChI=1S/C18H21N3O5S/c1-26-15-8-6-14(7-9-15)20-27(24,25)16-10-11-17(18(12-16)21(22)23)19-13-4-2-3-5-13/h6-13,19-20H,2-5H2,1H3. The summed E-state index contributed by atoms with van der Waals surface area (Å²) in [7, 11) is -2.44. The van der Waals surface area contributed by atoms with E-state index in [1.165, 1.54) is 19.2 Å². The number of sulfonamides is 1. The molecule has 0 bridgehead atoms. The fraction of sp³-hybridized carbons (Fsp3) is 0.333. The zero-order valence-electron chi connectivity index (χ0n) is 14.8. The van der Waals surface area contributed by atoms with Crippen molar-refractivity contribution in [3.63, 3.8) is 0 Å². The van der Waals surface area contributed by atoms with Crippen LogP contribution < -0.4 is 14.8 Å². The van der Waals surface area contributed by atoms with Gasteiger partial charge in [0.25, 0.3) is 15.7 Å². The summed E-state index contributed by atoms with van der Waals surface area (Å²) in [5, 5.41) is 14.6. The maximum absolute atomic E-state index is 12.6. The molecule has 0 spiro atoms. The minimum atomic E-state index is -3.96. The predicted molar refractivity (Wildman–Crippen MR) is 103 cm³/mol. The number of hydrogen-bond donors (Lipinski definition) is 2. The molecule has 1 saturated carbocycles. The topological polar surface area (TPSA) is 111 Å². The summed E-state index contributed by atoms with van der Waals surface area (Å²) >= 11 is 0. The van der Waals surface area contributed by atoms with Gasteiger partial charge in [-0.2, -0.15) is 0 Å². The Balaban J connectivity index is 1.85. The van der Waals surface area contributed by atoms with Gasteiger partial charge in [-0.3, -0.25) is 14.8 Å². The first kappa shape index (κ1) is 19.0. The van der Waals surface area contributed by atoms with Crippen LogP contribution >= 0.6 is 0 Å². The van der Waals surface area contributed by atoms with Crippen molar-refractivity contribution in [3.05, 3.63) is 52.6 Å². The molecule has 27 heavy (non-hydrogen) atoms. The average Bonchev–Trinajstić information content (AvgIpc) is 3.15. The molecule has 2 aromatic carbocycles. The molecule has 3 rings (SSSR count). The van der Waals surface area contributed by atoms with Gasteiger partial charge in [0.05, 0.1) is 16.9 Å². The quantitative estimate of drug-likeness (QED) is 0.549. The minimum absolute atomic E-state index is 0.165. The molecule has 144 valence electrons. The molecule has 1 fully saturated rings. The first-order chi connectivity index (χ1) is 12.9. The highest BCUT2D eigenvalue weighted by Crippen LogP contribution is 2.31. The number of nitro groups is 1. The van der Waals surface area contributed by atoms with E-state index < -0.39 is 14.9 Å². The van der Waals surface area contributed by atoms with E-state index in [-0.39, 0.29) is 16.6 Å². The molecule has 0 unspecified atom stereocenters. The molecule has 0 aliphatic heterocycles. The molecule has 1 aliphatic carbocycles. The highest BCUT2D eigenvalue weighted by Gasteiger charge is 2.24. The number of nitrogens with zero attached hydrogens (tertiary/aromatic N) is 1. The highest BCUT2D eigenvalue weighted by molar-refractivity contribution is 7.92. The first-order valence-electron chi connectivity index (χ1n) is 8.61. The highest BCUT2D eigenvalue weighted by atomic mass is 32.2. The Hall–Kier alpha value is -2.81. The van der Waals surface area contributed by atoms with Crippen LogP contribution in [0.5, 0.6) is 5.75 Å². The molecular weight excluding hydrogens is 370 g/mol.